The number of hydrogen-bond donors (Lipinski definition) is 1. The summed E-state index contributed by atoms with van der Waals surface area (Å²) in [6, 6.07) is 8.07. The van der Waals surface area contributed by atoms with E-state index in [0.29, 0.717) is 30.2 Å². The summed E-state index contributed by atoms with van der Waals surface area (Å²) in [5.41, 5.74) is 2.34. The summed E-state index contributed by atoms with van der Waals surface area (Å²) in [4.78, 5) is 24.5. The van der Waals surface area contributed by atoms with E-state index in [1.54, 1.807) is 20.3 Å². The third-order valence-corrected chi connectivity index (χ3v) is 4.73. The van der Waals surface area contributed by atoms with Crippen molar-refractivity contribution in [3.8, 4) is 5.75 Å². The molecule has 2 heterocycles. The van der Waals surface area contributed by atoms with E-state index < -0.39 is 0 Å². The summed E-state index contributed by atoms with van der Waals surface area (Å²) < 4.78 is 10.4. The Morgan fingerprint density at radius 1 is 1.15 bits per heavy atom. The van der Waals surface area contributed by atoms with Gasteiger partial charge >= 0.3 is 0 Å². The number of rotatable bonds is 7. The van der Waals surface area contributed by atoms with Crippen molar-refractivity contribution in [2.45, 2.75) is 13.0 Å². The molecule has 7 heteroatoms. The van der Waals surface area contributed by atoms with Gasteiger partial charge in [-0.1, -0.05) is 6.08 Å². The van der Waals surface area contributed by atoms with E-state index in [9.17, 15) is 4.79 Å². The molecule has 2 aromatic rings. The van der Waals surface area contributed by atoms with E-state index in [1.807, 2.05) is 12.1 Å². The molecular weight excluding hydrogens is 344 g/mol. The number of piperazine rings is 1. The van der Waals surface area contributed by atoms with Crippen LogP contribution in [0, 0.1) is 0 Å². The van der Waals surface area contributed by atoms with Gasteiger partial charge in [0.2, 0.25) is 5.95 Å². The van der Waals surface area contributed by atoms with Gasteiger partial charge in [0.1, 0.15) is 5.75 Å². The first-order chi connectivity index (χ1) is 13.2. The molecule has 144 valence electrons. The molecule has 7 nitrogen and oxygen atoms in total. The Labute approximate surface area is 159 Å². The molecule has 0 saturated carbocycles. The van der Waals surface area contributed by atoms with Crippen molar-refractivity contribution in [3.63, 3.8) is 0 Å². The van der Waals surface area contributed by atoms with Crippen LogP contribution in [-0.2, 0) is 17.8 Å². The topological polar surface area (TPSA) is 70.7 Å². The Bertz CT molecular complexity index is 824. The zero-order valence-electron chi connectivity index (χ0n) is 15.9. The fourth-order valence-corrected chi connectivity index (χ4v) is 3.26. The molecular formula is C20H26N4O3. The van der Waals surface area contributed by atoms with Crippen molar-refractivity contribution in [1.82, 2.24) is 9.97 Å². The number of benzene rings is 1. The number of aromatic nitrogens is 2. The fourth-order valence-electron chi connectivity index (χ4n) is 3.26. The second-order valence-electron chi connectivity index (χ2n) is 6.41. The van der Waals surface area contributed by atoms with Crippen LogP contribution < -0.4 is 20.1 Å². The number of hydrogen-bond acceptors (Lipinski definition) is 6. The van der Waals surface area contributed by atoms with Gasteiger partial charge in [0.25, 0.3) is 5.56 Å². The Balaban J connectivity index is 1.73. The fraction of sp³-hybridized carbons (Fsp3) is 0.400. The monoisotopic (exact) mass is 370 g/mol. The highest BCUT2D eigenvalue weighted by molar-refractivity contribution is 5.50. The SMILES string of the molecule is C=CCc1c(COC)nc(N2CCN(c3ccc(OC)cc3)CC2)[nH]c1=O. The van der Waals surface area contributed by atoms with Gasteiger partial charge in [-0.05, 0) is 30.7 Å². The molecule has 27 heavy (non-hydrogen) atoms. The largest absolute Gasteiger partial charge is 0.497 e. The lowest BCUT2D eigenvalue weighted by atomic mass is 10.1. The van der Waals surface area contributed by atoms with E-state index in [2.05, 4.69) is 38.5 Å². The molecule has 3 rings (SSSR count). The minimum Gasteiger partial charge on any atom is -0.497 e. The summed E-state index contributed by atoms with van der Waals surface area (Å²) in [5, 5.41) is 0. The molecule has 1 saturated heterocycles. The molecule has 0 bridgehead atoms. The van der Waals surface area contributed by atoms with E-state index in [-0.39, 0.29) is 5.56 Å². The second-order valence-corrected chi connectivity index (χ2v) is 6.41. The van der Waals surface area contributed by atoms with E-state index in [1.165, 1.54) is 5.69 Å². The first-order valence-electron chi connectivity index (χ1n) is 9.02. The molecule has 0 amide bonds. The number of nitrogens with one attached hydrogen (secondary N) is 1. The van der Waals surface area contributed by atoms with Crippen LogP contribution in [0.4, 0.5) is 11.6 Å². The van der Waals surface area contributed by atoms with E-state index in [4.69, 9.17) is 9.47 Å². The number of allylic oxidation sites excluding steroid dienone is 1. The molecule has 0 aliphatic carbocycles. The Morgan fingerprint density at radius 3 is 2.41 bits per heavy atom. The maximum Gasteiger partial charge on any atom is 0.256 e. The smallest absolute Gasteiger partial charge is 0.256 e. The maximum atomic E-state index is 12.5. The highest BCUT2D eigenvalue weighted by Gasteiger charge is 2.21. The van der Waals surface area contributed by atoms with Crippen molar-refractivity contribution >= 4 is 11.6 Å². The maximum absolute atomic E-state index is 12.5. The van der Waals surface area contributed by atoms with Gasteiger partial charge in [-0.15, -0.1) is 6.58 Å². The van der Waals surface area contributed by atoms with Crippen LogP contribution in [0.2, 0.25) is 0 Å². The highest BCUT2D eigenvalue weighted by Crippen LogP contribution is 2.21. The van der Waals surface area contributed by atoms with Gasteiger partial charge in [0.15, 0.2) is 0 Å². The molecule has 1 N–H and O–H groups in total. The van der Waals surface area contributed by atoms with Crippen molar-refractivity contribution in [1.29, 1.82) is 0 Å². The van der Waals surface area contributed by atoms with Crippen molar-refractivity contribution in [3.05, 3.63) is 58.5 Å². The lowest BCUT2D eigenvalue weighted by Gasteiger charge is -2.36. The number of nitrogens with zero attached hydrogens (tertiary/aromatic N) is 3. The van der Waals surface area contributed by atoms with Gasteiger partial charge in [-0.25, -0.2) is 4.98 Å². The number of anilines is 2. The summed E-state index contributed by atoms with van der Waals surface area (Å²) >= 11 is 0. The molecule has 0 radical (unpaired) electrons. The first-order valence-corrected chi connectivity index (χ1v) is 9.02. The molecule has 0 unspecified atom stereocenters. The van der Waals surface area contributed by atoms with Crippen molar-refractivity contribution in [2.24, 2.45) is 0 Å². The molecule has 1 aliphatic rings. The number of methoxy groups -OCH3 is 2. The zero-order chi connectivity index (χ0) is 19.2. The van der Waals surface area contributed by atoms with Crippen LogP contribution >= 0.6 is 0 Å². The summed E-state index contributed by atoms with van der Waals surface area (Å²) in [5.74, 6) is 1.46. The van der Waals surface area contributed by atoms with E-state index >= 15 is 0 Å². The summed E-state index contributed by atoms with van der Waals surface area (Å²) in [6.07, 6.45) is 2.19. The number of ether oxygens (including phenoxy) is 2. The van der Waals surface area contributed by atoms with Gasteiger partial charge in [0, 0.05) is 44.5 Å². The normalized spacial score (nSPS) is 14.3. The predicted molar refractivity (Wildman–Crippen MR) is 107 cm³/mol. The Hall–Kier alpha value is -2.80. The lowest BCUT2D eigenvalue weighted by Crippen LogP contribution is -2.47. The first kappa shape index (κ1) is 19.0. The quantitative estimate of drug-likeness (QED) is 0.752. The molecule has 1 aromatic heterocycles. The van der Waals surface area contributed by atoms with Gasteiger partial charge in [0.05, 0.1) is 19.4 Å². The van der Waals surface area contributed by atoms with E-state index in [0.717, 1.165) is 31.9 Å². The van der Waals surface area contributed by atoms with Crippen molar-refractivity contribution < 1.29 is 9.47 Å². The average Bonchev–Trinajstić information content (AvgIpc) is 2.71. The third kappa shape index (κ3) is 4.31. The van der Waals surface area contributed by atoms with Crippen LogP contribution in [0.5, 0.6) is 5.75 Å². The highest BCUT2D eigenvalue weighted by atomic mass is 16.5. The van der Waals surface area contributed by atoms with Gasteiger partial charge in [-0.3, -0.25) is 9.78 Å². The average molecular weight is 370 g/mol. The number of H-pyrrole nitrogens is 1. The summed E-state index contributed by atoms with van der Waals surface area (Å²) in [6.45, 7) is 7.29. The predicted octanol–water partition coefficient (Wildman–Crippen LogP) is 1.98. The molecule has 0 spiro atoms. The van der Waals surface area contributed by atoms with Crippen LogP contribution in [0.3, 0.4) is 0 Å². The molecule has 1 fully saturated rings. The van der Waals surface area contributed by atoms with Crippen LogP contribution in [0.25, 0.3) is 0 Å². The zero-order valence-corrected chi connectivity index (χ0v) is 15.9. The second kappa shape index (κ2) is 8.73. The van der Waals surface area contributed by atoms with Crippen LogP contribution in [0.15, 0.2) is 41.7 Å². The minimum absolute atomic E-state index is 0.121. The standard InChI is InChI=1S/C20H26N4O3/c1-4-5-17-18(14-26-2)21-20(22-19(17)25)24-12-10-23(11-13-24)15-6-8-16(27-3)9-7-15/h4,6-9H,1,5,10-14H2,2-3H3,(H,21,22,25). The van der Waals surface area contributed by atoms with Crippen LogP contribution in [0.1, 0.15) is 11.3 Å². The van der Waals surface area contributed by atoms with Crippen LogP contribution in [-0.4, -0.2) is 50.4 Å². The number of aromatic amines is 1. The van der Waals surface area contributed by atoms with Crippen molar-refractivity contribution in [2.75, 3.05) is 50.2 Å². The molecule has 0 atom stereocenters. The third-order valence-electron chi connectivity index (χ3n) is 4.73. The van der Waals surface area contributed by atoms with Gasteiger partial charge in [-0.2, -0.15) is 0 Å². The lowest BCUT2D eigenvalue weighted by molar-refractivity contribution is 0.180. The van der Waals surface area contributed by atoms with Gasteiger partial charge < -0.3 is 19.3 Å². The molecule has 1 aliphatic heterocycles. The molecule has 1 aromatic carbocycles. The Kier molecular flexibility index (Phi) is 6.13. The Morgan fingerprint density at radius 2 is 1.81 bits per heavy atom. The summed E-state index contributed by atoms with van der Waals surface area (Å²) in [7, 11) is 3.27. The minimum atomic E-state index is -0.121.